The summed E-state index contributed by atoms with van der Waals surface area (Å²) < 4.78 is 10.7. The average molecular weight is 305 g/mol. The average Bonchev–Trinajstić information content (AvgIpc) is 3.01. The van der Waals surface area contributed by atoms with Gasteiger partial charge in [0.2, 0.25) is 5.76 Å². The number of hydrogen-bond donors (Lipinski definition) is 2. The van der Waals surface area contributed by atoms with E-state index in [1.807, 2.05) is 20.8 Å². The van der Waals surface area contributed by atoms with Gasteiger partial charge in [-0.2, -0.15) is 0 Å². The Morgan fingerprint density at radius 3 is 2.41 bits per heavy atom. The van der Waals surface area contributed by atoms with E-state index in [-0.39, 0.29) is 23.6 Å². The standard InChI is InChI=1S/C16H19NO5/c1-9-11(7-13(21-9)16(2,3)4)14(18)17-8-10-5-6-12(22-10)15(19)20/h5-7H,8H2,1-4H3,(H,17,18)(H,19,20). The fraction of sp³-hybridized carbons (Fsp3) is 0.375. The van der Waals surface area contributed by atoms with Gasteiger partial charge >= 0.3 is 5.97 Å². The van der Waals surface area contributed by atoms with E-state index in [4.69, 9.17) is 13.9 Å². The highest BCUT2D eigenvalue weighted by Crippen LogP contribution is 2.27. The lowest BCUT2D eigenvalue weighted by atomic mass is 9.93. The molecule has 0 bridgehead atoms. The lowest BCUT2D eigenvalue weighted by molar-refractivity contribution is 0.0660. The van der Waals surface area contributed by atoms with Crippen molar-refractivity contribution in [1.82, 2.24) is 5.32 Å². The van der Waals surface area contributed by atoms with Crippen LogP contribution in [0.4, 0.5) is 0 Å². The molecule has 0 aromatic carbocycles. The minimum absolute atomic E-state index is 0.113. The second kappa shape index (κ2) is 5.71. The molecule has 0 atom stereocenters. The van der Waals surface area contributed by atoms with E-state index in [2.05, 4.69) is 5.32 Å². The summed E-state index contributed by atoms with van der Waals surface area (Å²) in [6.07, 6.45) is 0. The molecule has 0 spiro atoms. The maximum atomic E-state index is 12.2. The molecule has 0 radical (unpaired) electrons. The fourth-order valence-corrected chi connectivity index (χ4v) is 1.93. The predicted octanol–water partition coefficient (Wildman–Crippen LogP) is 3.11. The van der Waals surface area contributed by atoms with Crippen LogP contribution in [-0.4, -0.2) is 17.0 Å². The molecule has 22 heavy (non-hydrogen) atoms. The minimum Gasteiger partial charge on any atom is -0.475 e. The van der Waals surface area contributed by atoms with E-state index in [9.17, 15) is 9.59 Å². The van der Waals surface area contributed by atoms with Gasteiger partial charge in [0, 0.05) is 5.41 Å². The van der Waals surface area contributed by atoms with E-state index in [1.165, 1.54) is 12.1 Å². The van der Waals surface area contributed by atoms with Crippen LogP contribution in [0.1, 0.15) is 59.0 Å². The highest BCUT2D eigenvalue weighted by molar-refractivity contribution is 5.95. The molecule has 0 aliphatic heterocycles. The van der Waals surface area contributed by atoms with E-state index < -0.39 is 5.97 Å². The topological polar surface area (TPSA) is 92.7 Å². The van der Waals surface area contributed by atoms with Crippen molar-refractivity contribution in [2.45, 2.75) is 39.7 Å². The Bertz CT molecular complexity index is 702. The van der Waals surface area contributed by atoms with E-state index in [0.29, 0.717) is 17.1 Å². The summed E-state index contributed by atoms with van der Waals surface area (Å²) in [6.45, 7) is 7.86. The molecule has 0 saturated heterocycles. The Morgan fingerprint density at radius 2 is 1.91 bits per heavy atom. The maximum absolute atomic E-state index is 12.2. The molecule has 0 saturated carbocycles. The lowest BCUT2D eigenvalue weighted by Crippen LogP contribution is -2.22. The number of carbonyl (C=O) groups excluding carboxylic acids is 1. The lowest BCUT2D eigenvalue weighted by Gasteiger charge is -2.13. The maximum Gasteiger partial charge on any atom is 0.371 e. The number of amides is 1. The summed E-state index contributed by atoms with van der Waals surface area (Å²) in [6, 6.07) is 4.60. The third-order valence-electron chi connectivity index (χ3n) is 3.20. The molecule has 2 aromatic heterocycles. The van der Waals surface area contributed by atoms with Crippen molar-refractivity contribution in [2.24, 2.45) is 0 Å². The first-order valence-electron chi connectivity index (χ1n) is 6.89. The Balaban J connectivity index is 2.06. The number of aromatic carboxylic acids is 1. The Labute approximate surface area is 128 Å². The highest BCUT2D eigenvalue weighted by Gasteiger charge is 2.23. The summed E-state index contributed by atoms with van der Waals surface area (Å²) in [5, 5.41) is 11.5. The van der Waals surface area contributed by atoms with Gasteiger partial charge in [0.15, 0.2) is 0 Å². The summed E-state index contributed by atoms with van der Waals surface area (Å²) >= 11 is 0. The van der Waals surface area contributed by atoms with Crippen molar-refractivity contribution in [3.8, 4) is 0 Å². The van der Waals surface area contributed by atoms with Gasteiger partial charge in [-0.1, -0.05) is 20.8 Å². The molecule has 2 aromatic rings. The molecule has 0 unspecified atom stereocenters. The summed E-state index contributed by atoms with van der Waals surface area (Å²) in [5.41, 5.74) is 0.288. The number of carboxylic acid groups (broad SMARTS) is 1. The fourth-order valence-electron chi connectivity index (χ4n) is 1.93. The Morgan fingerprint density at radius 1 is 1.23 bits per heavy atom. The number of furan rings is 2. The van der Waals surface area contributed by atoms with Crippen molar-refractivity contribution >= 4 is 11.9 Å². The van der Waals surface area contributed by atoms with Crippen LogP contribution in [0.3, 0.4) is 0 Å². The first kappa shape index (κ1) is 15.9. The molecular formula is C16H19NO5. The van der Waals surface area contributed by atoms with E-state index >= 15 is 0 Å². The number of aryl methyl sites for hydroxylation is 1. The van der Waals surface area contributed by atoms with Crippen LogP contribution in [0.2, 0.25) is 0 Å². The Kier molecular flexibility index (Phi) is 4.12. The van der Waals surface area contributed by atoms with Crippen LogP contribution in [0.5, 0.6) is 0 Å². The summed E-state index contributed by atoms with van der Waals surface area (Å²) in [4.78, 5) is 22.9. The van der Waals surface area contributed by atoms with Gasteiger partial charge in [0.1, 0.15) is 17.3 Å². The van der Waals surface area contributed by atoms with Crippen LogP contribution in [0.15, 0.2) is 27.0 Å². The van der Waals surface area contributed by atoms with Gasteiger partial charge in [-0.25, -0.2) is 4.79 Å². The third kappa shape index (κ3) is 3.39. The zero-order valence-corrected chi connectivity index (χ0v) is 13.0. The smallest absolute Gasteiger partial charge is 0.371 e. The van der Waals surface area contributed by atoms with E-state index in [1.54, 1.807) is 13.0 Å². The van der Waals surface area contributed by atoms with E-state index in [0.717, 1.165) is 5.76 Å². The molecule has 2 rings (SSSR count). The first-order valence-corrected chi connectivity index (χ1v) is 6.89. The van der Waals surface area contributed by atoms with Gasteiger partial charge in [-0.15, -0.1) is 0 Å². The quantitative estimate of drug-likeness (QED) is 0.905. The third-order valence-corrected chi connectivity index (χ3v) is 3.20. The Hall–Kier alpha value is -2.50. The summed E-state index contributed by atoms with van der Waals surface area (Å²) in [7, 11) is 0. The van der Waals surface area contributed by atoms with Gasteiger partial charge in [-0.3, -0.25) is 4.79 Å². The van der Waals surface area contributed by atoms with Crippen molar-refractivity contribution in [3.63, 3.8) is 0 Å². The molecule has 0 aliphatic carbocycles. The second-order valence-corrected chi connectivity index (χ2v) is 6.08. The molecule has 6 nitrogen and oxygen atoms in total. The van der Waals surface area contributed by atoms with Crippen LogP contribution >= 0.6 is 0 Å². The van der Waals surface area contributed by atoms with Gasteiger partial charge < -0.3 is 19.3 Å². The molecule has 2 heterocycles. The molecular weight excluding hydrogens is 286 g/mol. The van der Waals surface area contributed by atoms with Crippen LogP contribution in [0.25, 0.3) is 0 Å². The second-order valence-electron chi connectivity index (χ2n) is 6.08. The molecule has 0 aliphatic rings. The van der Waals surface area contributed by atoms with Crippen LogP contribution in [-0.2, 0) is 12.0 Å². The molecule has 0 fully saturated rings. The van der Waals surface area contributed by atoms with Gasteiger partial charge in [-0.05, 0) is 25.1 Å². The SMILES string of the molecule is Cc1oc(C(C)(C)C)cc1C(=O)NCc1ccc(C(=O)O)o1. The van der Waals surface area contributed by atoms with Crippen LogP contribution < -0.4 is 5.32 Å². The zero-order chi connectivity index (χ0) is 16.5. The number of hydrogen-bond acceptors (Lipinski definition) is 4. The molecule has 1 amide bonds. The van der Waals surface area contributed by atoms with Gasteiger partial charge in [0.25, 0.3) is 5.91 Å². The van der Waals surface area contributed by atoms with Gasteiger partial charge in [0.05, 0.1) is 12.1 Å². The number of carboxylic acids is 1. The summed E-state index contributed by atoms with van der Waals surface area (Å²) in [5.74, 6) is 0.0826. The van der Waals surface area contributed by atoms with Crippen molar-refractivity contribution < 1.29 is 23.5 Å². The van der Waals surface area contributed by atoms with Crippen molar-refractivity contribution in [3.05, 3.63) is 46.8 Å². The minimum atomic E-state index is -1.14. The van der Waals surface area contributed by atoms with Crippen molar-refractivity contribution in [1.29, 1.82) is 0 Å². The van der Waals surface area contributed by atoms with Crippen LogP contribution in [0, 0.1) is 6.92 Å². The first-order chi connectivity index (χ1) is 10.2. The molecule has 6 heteroatoms. The molecule has 2 N–H and O–H groups in total. The normalized spacial score (nSPS) is 11.5. The largest absolute Gasteiger partial charge is 0.475 e. The highest BCUT2D eigenvalue weighted by atomic mass is 16.4. The zero-order valence-electron chi connectivity index (χ0n) is 13.0. The monoisotopic (exact) mass is 305 g/mol. The van der Waals surface area contributed by atoms with Crippen molar-refractivity contribution in [2.75, 3.05) is 0 Å². The number of rotatable bonds is 4. The number of nitrogens with one attached hydrogen (secondary N) is 1. The molecule has 118 valence electrons. The number of carbonyl (C=O) groups is 2. The predicted molar refractivity (Wildman–Crippen MR) is 79.0 cm³/mol.